The predicted molar refractivity (Wildman–Crippen MR) is 86.6 cm³/mol. The minimum absolute atomic E-state index is 0.146. The molecule has 1 heterocycles. The first kappa shape index (κ1) is 15.4. The molecule has 1 aromatic heterocycles. The zero-order valence-electron chi connectivity index (χ0n) is 10.0. The molecule has 0 fully saturated rings. The molecular formula is C13H11Br2ClFNS. The summed E-state index contributed by atoms with van der Waals surface area (Å²) < 4.78 is 15.5. The Hall–Kier alpha value is 0.0600. The van der Waals surface area contributed by atoms with Crippen LogP contribution < -0.4 is 5.32 Å². The van der Waals surface area contributed by atoms with Crippen molar-refractivity contribution in [1.29, 1.82) is 0 Å². The summed E-state index contributed by atoms with van der Waals surface area (Å²) in [6.07, 6.45) is 0.712. The number of rotatable bonds is 4. The van der Waals surface area contributed by atoms with Crippen molar-refractivity contribution in [3.05, 3.63) is 53.8 Å². The van der Waals surface area contributed by atoms with Gasteiger partial charge in [0.2, 0.25) is 0 Å². The van der Waals surface area contributed by atoms with Crippen molar-refractivity contribution in [1.82, 2.24) is 5.32 Å². The molecule has 1 unspecified atom stereocenters. The van der Waals surface area contributed by atoms with Gasteiger partial charge in [-0.1, -0.05) is 17.7 Å². The SMILES string of the molecule is CNC(Cc1ccc(Cl)c(F)c1)c1cc(Br)c(Br)s1. The monoisotopic (exact) mass is 425 g/mol. The van der Waals surface area contributed by atoms with Crippen LogP contribution in [0, 0.1) is 5.82 Å². The maximum Gasteiger partial charge on any atom is 0.142 e. The highest BCUT2D eigenvalue weighted by Gasteiger charge is 2.15. The molecule has 19 heavy (non-hydrogen) atoms. The third-order valence-corrected chi connectivity index (χ3v) is 6.46. The fourth-order valence-electron chi connectivity index (χ4n) is 1.78. The highest BCUT2D eigenvalue weighted by Crippen LogP contribution is 2.36. The third-order valence-electron chi connectivity index (χ3n) is 2.78. The molecule has 2 rings (SSSR count). The van der Waals surface area contributed by atoms with E-state index in [2.05, 4.69) is 43.2 Å². The van der Waals surface area contributed by atoms with Gasteiger partial charge in [0.15, 0.2) is 0 Å². The number of nitrogens with one attached hydrogen (secondary N) is 1. The summed E-state index contributed by atoms with van der Waals surface area (Å²) in [5.41, 5.74) is 0.918. The highest BCUT2D eigenvalue weighted by atomic mass is 79.9. The van der Waals surface area contributed by atoms with E-state index < -0.39 is 0 Å². The van der Waals surface area contributed by atoms with E-state index in [0.717, 1.165) is 13.8 Å². The summed E-state index contributed by atoms with van der Waals surface area (Å²) in [5.74, 6) is -0.373. The van der Waals surface area contributed by atoms with Crippen molar-refractivity contribution < 1.29 is 4.39 Å². The summed E-state index contributed by atoms with van der Waals surface area (Å²) >= 11 is 14.3. The molecule has 0 amide bonds. The molecule has 0 aliphatic heterocycles. The third kappa shape index (κ3) is 3.79. The van der Waals surface area contributed by atoms with Crippen molar-refractivity contribution >= 4 is 54.8 Å². The largest absolute Gasteiger partial charge is 0.312 e. The summed E-state index contributed by atoms with van der Waals surface area (Å²) in [4.78, 5) is 1.19. The minimum Gasteiger partial charge on any atom is -0.312 e. The number of benzene rings is 1. The quantitative estimate of drug-likeness (QED) is 0.673. The molecular weight excluding hydrogens is 416 g/mol. The average Bonchev–Trinajstić information content (AvgIpc) is 2.71. The number of halogens is 4. The van der Waals surface area contributed by atoms with E-state index in [4.69, 9.17) is 11.6 Å². The normalized spacial score (nSPS) is 12.7. The molecule has 1 nitrogen and oxygen atoms in total. The molecule has 0 spiro atoms. The van der Waals surface area contributed by atoms with Gasteiger partial charge in [-0.05, 0) is 69.1 Å². The first-order chi connectivity index (χ1) is 9.01. The van der Waals surface area contributed by atoms with Gasteiger partial charge < -0.3 is 5.32 Å². The molecule has 1 atom stereocenters. The number of hydrogen-bond donors (Lipinski definition) is 1. The molecule has 0 saturated heterocycles. The van der Waals surface area contributed by atoms with Gasteiger partial charge in [0, 0.05) is 15.4 Å². The van der Waals surface area contributed by atoms with Crippen molar-refractivity contribution in [2.75, 3.05) is 7.05 Å². The van der Waals surface area contributed by atoms with E-state index >= 15 is 0 Å². The lowest BCUT2D eigenvalue weighted by Gasteiger charge is -2.14. The van der Waals surface area contributed by atoms with Crippen LogP contribution in [-0.4, -0.2) is 7.05 Å². The van der Waals surface area contributed by atoms with Gasteiger partial charge in [0.05, 0.1) is 8.81 Å². The van der Waals surface area contributed by atoms with Gasteiger partial charge in [-0.3, -0.25) is 0 Å². The predicted octanol–water partition coefficient (Wildman–Crippen LogP) is 5.57. The lowest BCUT2D eigenvalue weighted by molar-refractivity contribution is 0.592. The second-order valence-electron chi connectivity index (χ2n) is 4.06. The zero-order valence-corrected chi connectivity index (χ0v) is 14.8. The molecule has 0 bridgehead atoms. The van der Waals surface area contributed by atoms with Gasteiger partial charge >= 0.3 is 0 Å². The van der Waals surface area contributed by atoms with Crippen LogP contribution in [-0.2, 0) is 6.42 Å². The molecule has 2 aromatic rings. The van der Waals surface area contributed by atoms with Gasteiger partial charge in [0.25, 0.3) is 0 Å². The van der Waals surface area contributed by atoms with E-state index in [9.17, 15) is 4.39 Å². The smallest absolute Gasteiger partial charge is 0.142 e. The minimum atomic E-state index is -0.373. The highest BCUT2D eigenvalue weighted by molar-refractivity contribution is 9.13. The Kier molecular flexibility index (Phi) is 5.43. The van der Waals surface area contributed by atoms with E-state index in [1.807, 2.05) is 13.1 Å². The molecule has 102 valence electrons. The second kappa shape index (κ2) is 6.68. The van der Waals surface area contributed by atoms with E-state index in [0.29, 0.717) is 6.42 Å². The van der Waals surface area contributed by atoms with Gasteiger partial charge in [-0.25, -0.2) is 4.39 Å². The summed E-state index contributed by atoms with van der Waals surface area (Å²) in [6.45, 7) is 0. The Morgan fingerprint density at radius 1 is 1.37 bits per heavy atom. The fraction of sp³-hybridized carbons (Fsp3) is 0.231. The number of thiophene rings is 1. The summed E-state index contributed by atoms with van der Waals surface area (Å²) in [5, 5.41) is 3.41. The van der Waals surface area contributed by atoms with Crippen molar-refractivity contribution in [2.24, 2.45) is 0 Å². The van der Waals surface area contributed by atoms with Crippen LogP contribution in [0.1, 0.15) is 16.5 Å². The molecule has 0 saturated carbocycles. The van der Waals surface area contributed by atoms with E-state index in [1.165, 1.54) is 10.9 Å². The lowest BCUT2D eigenvalue weighted by Crippen LogP contribution is -2.17. The Labute approximate surface area is 137 Å². The topological polar surface area (TPSA) is 12.0 Å². The molecule has 0 radical (unpaired) electrons. The zero-order chi connectivity index (χ0) is 14.0. The lowest BCUT2D eigenvalue weighted by atomic mass is 10.0. The van der Waals surface area contributed by atoms with Crippen molar-refractivity contribution in [3.63, 3.8) is 0 Å². The van der Waals surface area contributed by atoms with Crippen LogP contribution in [0.25, 0.3) is 0 Å². The molecule has 1 aromatic carbocycles. The molecule has 1 N–H and O–H groups in total. The summed E-state index contributed by atoms with van der Waals surface area (Å²) in [6, 6.07) is 7.16. The van der Waals surface area contributed by atoms with Crippen LogP contribution in [0.3, 0.4) is 0 Å². The van der Waals surface area contributed by atoms with Crippen LogP contribution in [0.5, 0.6) is 0 Å². The number of likely N-dealkylation sites (N-methyl/N-ethyl adjacent to an activating group) is 1. The maximum atomic E-state index is 13.4. The Morgan fingerprint density at radius 3 is 2.63 bits per heavy atom. The molecule has 0 aliphatic carbocycles. The van der Waals surface area contributed by atoms with Crippen LogP contribution in [0.2, 0.25) is 5.02 Å². The first-order valence-corrected chi connectivity index (χ1v) is 8.35. The first-order valence-electron chi connectivity index (χ1n) is 5.57. The van der Waals surface area contributed by atoms with Gasteiger partial charge in [0.1, 0.15) is 5.82 Å². The molecule has 0 aliphatic rings. The standard InChI is InChI=1S/C13H11Br2ClFNS/c1-18-11(12-6-8(14)13(15)19-12)5-7-2-3-9(16)10(17)4-7/h2-4,6,11,18H,5H2,1H3. The van der Waals surface area contributed by atoms with Gasteiger partial charge in [-0.15, -0.1) is 11.3 Å². The second-order valence-corrected chi connectivity index (χ2v) is 7.73. The maximum absolute atomic E-state index is 13.4. The van der Waals surface area contributed by atoms with Crippen molar-refractivity contribution in [3.8, 4) is 0 Å². The van der Waals surface area contributed by atoms with E-state index in [1.54, 1.807) is 17.4 Å². The van der Waals surface area contributed by atoms with Crippen molar-refractivity contribution in [2.45, 2.75) is 12.5 Å². The Bertz CT molecular complexity index is 569. The Morgan fingerprint density at radius 2 is 2.11 bits per heavy atom. The molecule has 6 heteroatoms. The van der Waals surface area contributed by atoms with Crippen LogP contribution in [0.15, 0.2) is 32.5 Å². The number of hydrogen-bond acceptors (Lipinski definition) is 2. The van der Waals surface area contributed by atoms with E-state index in [-0.39, 0.29) is 16.9 Å². The van der Waals surface area contributed by atoms with Gasteiger partial charge in [-0.2, -0.15) is 0 Å². The Balaban J connectivity index is 2.21. The summed E-state index contributed by atoms with van der Waals surface area (Å²) in [7, 11) is 1.90. The average molecular weight is 428 g/mol. The fourth-order valence-corrected chi connectivity index (χ4v) is 4.10. The van der Waals surface area contributed by atoms with Crippen LogP contribution >= 0.6 is 54.8 Å². The van der Waals surface area contributed by atoms with Crippen LogP contribution in [0.4, 0.5) is 4.39 Å².